The Bertz CT molecular complexity index is 197. The fourth-order valence-corrected chi connectivity index (χ4v) is 0.832. The Labute approximate surface area is 114 Å². The summed E-state index contributed by atoms with van der Waals surface area (Å²) in [4.78, 5) is 10.6. The normalized spacial score (nSPS) is 10.9. The van der Waals surface area contributed by atoms with Gasteiger partial charge in [-0.3, -0.25) is 4.79 Å². The standard InChI is InChI=1S/C8H16O2.C6H14O.CH4/c1-5-7(9)10-6-8(2,3)4;1-6(2,3)5-7-4;/h5-6H2,1-4H3;5H2,1-4H3;1H4. The highest BCUT2D eigenvalue weighted by atomic mass is 16.5. The van der Waals surface area contributed by atoms with Gasteiger partial charge in [0.2, 0.25) is 0 Å². The van der Waals surface area contributed by atoms with Gasteiger partial charge in [-0.15, -0.1) is 0 Å². The summed E-state index contributed by atoms with van der Waals surface area (Å²) in [5.74, 6) is -0.116. The summed E-state index contributed by atoms with van der Waals surface area (Å²) in [6.45, 7) is 15.7. The van der Waals surface area contributed by atoms with E-state index in [2.05, 4.69) is 20.8 Å². The summed E-state index contributed by atoms with van der Waals surface area (Å²) < 4.78 is 9.82. The molecule has 18 heavy (non-hydrogen) atoms. The molecule has 0 spiro atoms. The number of ether oxygens (including phenoxy) is 2. The first kappa shape index (κ1) is 22.6. The van der Waals surface area contributed by atoms with Crippen molar-refractivity contribution in [3.8, 4) is 0 Å². The molecule has 3 heteroatoms. The van der Waals surface area contributed by atoms with E-state index in [1.54, 1.807) is 14.0 Å². The fourth-order valence-electron chi connectivity index (χ4n) is 0.832. The average molecular weight is 262 g/mol. The number of methoxy groups -OCH3 is 1. The number of esters is 1. The Hall–Kier alpha value is -0.570. The van der Waals surface area contributed by atoms with Crippen molar-refractivity contribution >= 4 is 5.97 Å². The number of carbonyl (C=O) groups is 1. The van der Waals surface area contributed by atoms with Gasteiger partial charge in [0.1, 0.15) is 0 Å². The van der Waals surface area contributed by atoms with E-state index in [-0.39, 0.29) is 18.8 Å². The molecule has 0 amide bonds. The van der Waals surface area contributed by atoms with Crippen molar-refractivity contribution < 1.29 is 14.3 Å². The van der Waals surface area contributed by atoms with Crippen molar-refractivity contribution in [2.75, 3.05) is 20.3 Å². The molecule has 0 heterocycles. The molecule has 0 aromatic rings. The van der Waals surface area contributed by atoms with Crippen LogP contribution < -0.4 is 0 Å². The molecule has 0 fully saturated rings. The van der Waals surface area contributed by atoms with Gasteiger partial charge in [-0.2, -0.15) is 0 Å². The van der Waals surface area contributed by atoms with Crippen LogP contribution >= 0.6 is 0 Å². The lowest BCUT2D eigenvalue weighted by molar-refractivity contribution is -0.145. The van der Waals surface area contributed by atoms with E-state index in [1.165, 1.54) is 0 Å². The number of hydrogen-bond donors (Lipinski definition) is 0. The van der Waals surface area contributed by atoms with E-state index in [0.29, 0.717) is 18.4 Å². The van der Waals surface area contributed by atoms with Crippen LogP contribution in [-0.4, -0.2) is 26.3 Å². The van der Waals surface area contributed by atoms with Gasteiger partial charge in [-0.25, -0.2) is 0 Å². The molecule has 0 radical (unpaired) electrons. The van der Waals surface area contributed by atoms with Gasteiger partial charge in [0.15, 0.2) is 0 Å². The topological polar surface area (TPSA) is 35.5 Å². The van der Waals surface area contributed by atoms with Gasteiger partial charge in [0, 0.05) is 13.5 Å². The zero-order valence-corrected chi connectivity index (χ0v) is 12.8. The van der Waals surface area contributed by atoms with Crippen LogP contribution in [-0.2, 0) is 14.3 Å². The molecule has 0 saturated carbocycles. The summed E-state index contributed by atoms with van der Waals surface area (Å²) in [5, 5.41) is 0. The van der Waals surface area contributed by atoms with E-state index in [0.717, 1.165) is 6.61 Å². The van der Waals surface area contributed by atoms with E-state index >= 15 is 0 Å². The molecule has 0 aromatic carbocycles. The maximum atomic E-state index is 10.6. The number of carbonyl (C=O) groups excluding carboxylic acids is 1. The second-order valence-electron chi connectivity index (χ2n) is 6.57. The van der Waals surface area contributed by atoms with Crippen LogP contribution in [0.15, 0.2) is 0 Å². The number of hydrogen-bond acceptors (Lipinski definition) is 3. The van der Waals surface area contributed by atoms with Gasteiger partial charge in [-0.05, 0) is 10.8 Å². The van der Waals surface area contributed by atoms with E-state index in [9.17, 15) is 4.79 Å². The molecular weight excluding hydrogens is 228 g/mol. The first-order valence-corrected chi connectivity index (χ1v) is 6.16. The van der Waals surface area contributed by atoms with Crippen molar-refractivity contribution in [1.82, 2.24) is 0 Å². The molecular formula is C15H34O3. The summed E-state index contributed by atoms with van der Waals surface area (Å²) in [6.07, 6.45) is 0.468. The highest BCUT2D eigenvalue weighted by molar-refractivity contribution is 5.68. The first-order chi connectivity index (χ1) is 7.52. The van der Waals surface area contributed by atoms with E-state index < -0.39 is 0 Å². The molecule has 0 aliphatic rings. The van der Waals surface area contributed by atoms with E-state index in [4.69, 9.17) is 9.47 Å². The van der Waals surface area contributed by atoms with Crippen LogP contribution in [0.25, 0.3) is 0 Å². The summed E-state index contributed by atoms with van der Waals surface area (Å²) in [6, 6.07) is 0. The predicted octanol–water partition coefficient (Wildman–Crippen LogP) is 4.30. The minimum Gasteiger partial charge on any atom is -0.465 e. The molecule has 0 unspecified atom stereocenters. The molecule has 0 bridgehead atoms. The monoisotopic (exact) mass is 262 g/mol. The Morgan fingerprint density at radius 3 is 1.50 bits per heavy atom. The largest absolute Gasteiger partial charge is 0.465 e. The van der Waals surface area contributed by atoms with Crippen LogP contribution in [0.5, 0.6) is 0 Å². The molecule has 0 saturated heterocycles. The van der Waals surface area contributed by atoms with Gasteiger partial charge in [0.05, 0.1) is 13.2 Å². The Balaban J connectivity index is -0.000000251. The van der Waals surface area contributed by atoms with Crippen molar-refractivity contribution in [2.24, 2.45) is 10.8 Å². The zero-order chi connectivity index (χ0) is 14.1. The van der Waals surface area contributed by atoms with Gasteiger partial charge >= 0.3 is 5.97 Å². The Morgan fingerprint density at radius 2 is 1.33 bits per heavy atom. The Kier molecular flexibility index (Phi) is 13.0. The van der Waals surface area contributed by atoms with Crippen molar-refractivity contribution in [2.45, 2.75) is 62.3 Å². The average Bonchev–Trinajstić information content (AvgIpc) is 2.12. The van der Waals surface area contributed by atoms with Gasteiger partial charge in [0.25, 0.3) is 0 Å². The van der Waals surface area contributed by atoms with Gasteiger partial charge in [-0.1, -0.05) is 55.9 Å². The van der Waals surface area contributed by atoms with Crippen molar-refractivity contribution in [3.63, 3.8) is 0 Å². The molecule has 112 valence electrons. The number of rotatable bonds is 3. The molecule has 0 aliphatic heterocycles. The maximum Gasteiger partial charge on any atom is 0.305 e. The second kappa shape index (κ2) is 10.4. The third-order valence-electron chi connectivity index (χ3n) is 1.53. The summed E-state index contributed by atoms with van der Waals surface area (Å²) in [5.41, 5.74) is 0.416. The minimum atomic E-state index is -0.116. The second-order valence-corrected chi connectivity index (χ2v) is 6.57. The highest BCUT2D eigenvalue weighted by Crippen LogP contribution is 2.13. The third kappa shape index (κ3) is 24.6. The maximum absolute atomic E-state index is 10.6. The van der Waals surface area contributed by atoms with Crippen LogP contribution in [0.3, 0.4) is 0 Å². The van der Waals surface area contributed by atoms with Crippen LogP contribution in [0.4, 0.5) is 0 Å². The highest BCUT2D eigenvalue weighted by Gasteiger charge is 2.12. The summed E-state index contributed by atoms with van der Waals surface area (Å²) in [7, 11) is 1.73. The molecule has 0 aliphatic carbocycles. The van der Waals surface area contributed by atoms with Crippen LogP contribution in [0.1, 0.15) is 62.3 Å². The fraction of sp³-hybridized carbons (Fsp3) is 0.933. The first-order valence-electron chi connectivity index (χ1n) is 6.16. The van der Waals surface area contributed by atoms with Gasteiger partial charge < -0.3 is 9.47 Å². The molecule has 0 atom stereocenters. The van der Waals surface area contributed by atoms with Crippen molar-refractivity contribution in [1.29, 1.82) is 0 Å². The zero-order valence-electron chi connectivity index (χ0n) is 12.8. The smallest absolute Gasteiger partial charge is 0.305 e. The lowest BCUT2D eigenvalue weighted by Crippen LogP contribution is -2.17. The predicted molar refractivity (Wildman–Crippen MR) is 78.8 cm³/mol. The molecule has 0 aromatic heterocycles. The van der Waals surface area contributed by atoms with Crippen LogP contribution in [0.2, 0.25) is 0 Å². The minimum absolute atomic E-state index is 0. The van der Waals surface area contributed by atoms with Crippen molar-refractivity contribution in [3.05, 3.63) is 0 Å². The van der Waals surface area contributed by atoms with E-state index in [1.807, 2.05) is 20.8 Å². The molecule has 0 rings (SSSR count). The summed E-state index contributed by atoms with van der Waals surface area (Å²) >= 11 is 0. The molecule has 0 N–H and O–H groups in total. The SMILES string of the molecule is C.CCC(=O)OCC(C)(C)C.COCC(C)(C)C. The third-order valence-corrected chi connectivity index (χ3v) is 1.53. The lowest BCUT2D eigenvalue weighted by atomic mass is 9.99. The Morgan fingerprint density at radius 1 is 0.944 bits per heavy atom. The quantitative estimate of drug-likeness (QED) is 0.711. The molecule has 3 nitrogen and oxygen atoms in total. The van der Waals surface area contributed by atoms with Crippen LogP contribution in [0, 0.1) is 10.8 Å². The lowest BCUT2D eigenvalue weighted by Gasteiger charge is -2.17.